The van der Waals surface area contributed by atoms with E-state index in [0.29, 0.717) is 0 Å². The second-order valence-electron chi connectivity index (χ2n) is 5.72. The van der Waals surface area contributed by atoms with Crippen molar-refractivity contribution in [2.45, 2.75) is 24.8 Å². The van der Waals surface area contributed by atoms with Crippen LogP contribution < -0.4 is 14.8 Å². The predicted molar refractivity (Wildman–Crippen MR) is 94.1 cm³/mol. The summed E-state index contributed by atoms with van der Waals surface area (Å²) < 4.78 is 31.8. The molecule has 0 radical (unpaired) electrons. The van der Waals surface area contributed by atoms with Gasteiger partial charge in [0, 0.05) is 20.1 Å². The number of carbonyl (C=O) groups is 2. The molecule has 140 valence electrons. The maximum atomic E-state index is 12.2. The Morgan fingerprint density at radius 3 is 2.44 bits per heavy atom. The Kier molecular flexibility index (Phi) is 7.65. The number of ether oxygens (including phenoxy) is 1. The maximum Gasteiger partial charge on any atom is 0.259 e. The molecule has 8 nitrogen and oxygen atoms in total. The number of nitrogens with one attached hydrogen (secondary N) is 2. The van der Waals surface area contributed by atoms with Crippen LogP contribution in [0.25, 0.3) is 0 Å². The monoisotopic (exact) mass is 391 g/mol. The van der Waals surface area contributed by atoms with Gasteiger partial charge >= 0.3 is 0 Å². The normalized spacial score (nSPS) is 11.3. The number of carbonyl (C=O) groups excluding carboxylic acids is 2. The van der Waals surface area contributed by atoms with Crippen molar-refractivity contribution in [1.82, 2.24) is 14.9 Å². The van der Waals surface area contributed by atoms with Crippen LogP contribution in [0.1, 0.15) is 13.8 Å². The molecule has 0 saturated heterocycles. The van der Waals surface area contributed by atoms with Crippen LogP contribution in [0.5, 0.6) is 5.75 Å². The fraction of sp³-hybridized carbons (Fsp3) is 0.467. The van der Waals surface area contributed by atoms with Crippen molar-refractivity contribution in [1.29, 1.82) is 0 Å². The molecule has 0 aliphatic rings. The summed E-state index contributed by atoms with van der Waals surface area (Å²) in [4.78, 5) is 24.3. The van der Waals surface area contributed by atoms with Gasteiger partial charge in [0.05, 0.1) is 16.5 Å². The average Bonchev–Trinajstić information content (AvgIpc) is 2.50. The van der Waals surface area contributed by atoms with Crippen molar-refractivity contribution in [2.24, 2.45) is 0 Å². The van der Waals surface area contributed by atoms with Gasteiger partial charge in [0.15, 0.2) is 6.61 Å². The molecule has 0 heterocycles. The summed E-state index contributed by atoms with van der Waals surface area (Å²) in [5.74, 6) is -0.509. The van der Waals surface area contributed by atoms with E-state index in [9.17, 15) is 18.0 Å². The Bertz CT molecular complexity index is 735. The number of sulfonamides is 1. The quantitative estimate of drug-likeness (QED) is 0.675. The third-order valence-electron chi connectivity index (χ3n) is 2.94. The highest BCUT2D eigenvalue weighted by Crippen LogP contribution is 2.27. The number of hydrogen-bond donors (Lipinski definition) is 2. The van der Waals surface area contributed by atoms with Crippen LogP contribution in [0.4, 0.5) is 0 Å². The summed E-state index contributed by atoms with van der Waals surface area (Å²) >= 11 is 6.01. The first kappa shape index (κ1) is 21.2. The fourth-order valence-corrected chi connectivity index (χ4v) is 2.96. The van der Waals surface area contributed by atoms with Gasteiger partial charge < -0.3 is 15.0 Å². The first-order chi connectivity index (χ1) is 11.5. The van der Waals surface area contributed by atoms with E-state index in [2.05, 4.69) is 10.0 Å². The third kappa shape index (κ3) is 6.89. The minimum atomic E-state index is -3.90. The zero-order valence-corrected chi connectivity index (χ0v) is 16.1. The lowest BCUT2D eigenvalue weighted by atomic mass is 10.3. The molecule has 2 N–H and O–H groups in total. The van der Waals surface area contributed by atoms with E-state index in [4.69, 9.17) is 16.3 Å². The van der Waals surface area contributed by atoms with Gasteiger partial charge in [-0.1, -0.05) is 11.6 Å². The standard InChI is InChI=1S/C15H22ClN3O5S/c1-10(2)18-14(20)8-17-25(22,23)11-5-6-13(12(16)7-11)24-9-15(21)19(3)4/h5-7,10,17H,8-9H2,1-4H3,(H,18,20). The summed E-state index contributed by atoms with van der Waals surface area (Å²) in [6.45, 7) is 2.94. The molecule has 10 heteroatoms. The van der Waals surface area contributed by atoms with E-state index in [1.165, 1.54) is 23.1 Å². The van der Waals surface area contributed by atoms with Gasteiger partial charge in [-0.05, 0) is 32.0 Å². The molecule has 0 spiro atoms. The molecule has 0 saturated carbocycles. The van der Waals surface area contributed by atoms with E-state index in [1.54, 1.807) is 27.9 Å². The lowest BCUT2D eigenvalue weighted by Crippen LogP contribution is -2.39. The topological polar surface area (TPSA) is 105 Å². The largest absolute Gasteiger partial charge is 0.482 e. The predicted octanol–water partition coefficient (Wildman–Crippen LogP) is 0.610. The zero-order chi connectivity index (χ0) is 19.2. The summed E-state index contributed by atoms with van der Waals surface area (Å²) in [5, 5.41) is 2.62. The molecule has 0 aliphatic heterocycles. The Balaban J connectivity index is 2.77. The van der Waals surface area contributed by atoms with Crippen molar-refractivity contribution < 1.29 is 22.7 Å². The molecule has 1 rings (SSSR count). The van der Waals surface area contributed by atoms with Crippen molar-refractivity contribution in [3.05, 3.63) is 23.2 Å². The SMILES string of the molecule is CC(C)NC(=O)CNS(=O)(=O)c1ccc(OCC(=O)N(C)C)c(Cl)c1. The van der Waals surface area contributed by atoms with Gasteiger partial charge in [0.2, 0.25) is 15.9 Å². The number of likely N-dealkylation sites (N-methyl/N-ethyl adjacent to an activating group) is 1. The number of halogens is 1. The van der Waals surface area contributed by atoms with Crippen LogP contribution in [0.15, 0.2) is 23.1 Å². The van der Waals surface area contributed by atoms with Gasteiger partial charge in [0.1, 0.15) is 5.75 Å². The molecule has 0 atom stereocenters. The molecule has 1 aromatic rings. The van der Waals surface area contributed by atoms with Crippen LogP contribution in [-0.2, 0) is 19.6 Å². The molecule has 1 aromatic carbocycles. The molecule has 2 amide bonds. The molecule has 25 heavy (non-hydrogen) atoms. The summed E-state index contributed by atoms with van der Waals surface area (Å²) in [6, 6.07) is 3.74. The molecule has 0 aromatic heterocycles. The van der Waals surface area contributed by atoms with Crippen molar-refractivity contribution >= 4 is 33.4 Å². The van der Waals surface area contributed by atoms with Crippen LogP contribution >= 0.6 is 11.6 Å². The summed E-state index contributed by atoms with van der Waals surface area (Å²) in [6.07, 6.45) is 0. The smallest absolute Gasteiger partial charge is 0.259 e. The molecule has 0 fully saturated rings. The van der Waals surface area contributed by atoms with Gasteiger partial charge in [-0.15, -0.1) is 0 Å². The van der Waals surface area contributed by atoms with Gasteiger partial charge in [-0.2, -0.15) is 0 Å². The molecular formula is C15H22ClN3O5S. The summed E-state index contributed by atoms with van der Waals surface area (Å²) in [7, 11) is -0.726. The maximum absolute atomic E-state index is 12.2. The van der Waals surface area contributed by atoms with E-state index < -0.39 is 15.9 Å². The Morgan fingerprint density at radius 1 is 1.28 bits per heavy atom. The minimum absolute atomic E-state index is 0.0427. The van der Waals surface area contributed by atoms with Gasteiger partial charge in [0.25, 0.3) is 5.91 Å². The Morgan fingerprint density at radius 2 is 1.92 bits per heavy atom. The highest BCUT2D eigenvalue weighted by molar-refractivity contribution is 7.89. The Labute approximate surface area is 152 Å². The summed E-state index contributed by atoms with van der Waals surface area (Å²) in [5.41, 5.74) is 0. The van der Waals surface area contributed by atoms with Crippen LogP contribution in [-0.4, -0.2) is 58.4 Å². The average molecular weight is 392 g/mol. The van der Waals surface area contributed by atoms with Crippen LogP contribution in [0.2, 0.25) is 5.02 Å². The van der Waals surface area contributed by atoms with Crippen LogP contribution in [0, 0.1) is 0 Å². The van der Waals surface area contributed by atoms with Crippen molar-refractivity contribution in [3.8, 4) is 5.75 Å². The third-order valence-corrected chi connectivity index (χ3v) is 4.63. The molecular weight excluding hydrogens is 370 g/mol. The minimum Gasteiger partial charge on any atom is -0.482 e. The number of rotatable bonds is 8. The van der Waals surface area contributed by atoms with Crippen LogP contribution in [0.3, 0.4) is 0 Å². The van der Waals surface area contributed by atoms with Gasteiger partial charge in [-0.3, -0.25) is 9.59 Å². The highest BCUT2D eigenvalue weighted by Gasteiger charge is 2.18. The van der Waals surface area contributed by atoms with E-state index in [1.807, 2.05) is 0 Å². The lowest BCUT2D eigenvalue weighted by molar-refractivity contribution is -0.130. The lowest BCUT2D eigenvalue weighted by Gasteiger charge is -2.13. The first-order valence-corrected chi connectivity index (χ1v) is 9.30. The van der Waals surface area contributed by atoms with E-state index in [0.717, 1.165) is 0 Å². The van der Waals surface area contributed by atoms with Crippen molar-refractivity contribution in [3.63, 3.8) is 0 Å². The number of nitrogens with zero attached hydrogens (tertiary/aromatic N) is 1. The first-order valence-electron chi connectivity index (χ1n) is 7.44. The highest BCUT2D eigenvalue weighted by atomic mass is 35.5. The second kappa shape index (κ2) is 9.02. The molecule has 0 aliphatic carbocycles. The van der Waals surface area contributed by atoms with E-state index in [-0.39, 0.29) is 40.8 Å². The Hall–Kier alpha value is -1.84. The number of amides is 2. The molecule has 0 unspecified atom stereocenters. The number of benzene rings is 1. The second-order valence-corrected chi connectivity index (χ2v) is 7.89. The van der Waals surface area contributed by atoms with Crippen molar-refractivity contribution in [2.75, 3.05) is 27.2 Å². The van der Waals surface area contributed by atoms with E-state index >= 15 is 0 Å². The fourth-order valence-electron chi connectivity index (χ4n) is 1.65. The number of hydrogen-bond acceptors (Lipinski definition) is 5. The molecule has 0 bridgehead atoms. The zero-order valence-electron chi connectivity index (χ0n) is 14.5. The van der Waals surface area contributed by atoms with Gasteiger partial charge in [-0.25, -0.2) is 13.1 Å².